The highest BCUT2D eigenvalue weighted by atomic mass is 19.3. The fourth-order valence-corrected chi connectivity index (χ4v) is 0.299. The van der Waals surface area contributed by atoms with E-state index in [0.29, 0.717) is 0 Å². The van der Waals surface area contributed by atoms with Crippen LogP contribution in [0, 0.1) is 6.92 Å². The molecular formula is C5H8F3. The van der Waals surface area contributed by atoms with Gasteiger partial charge in [0.2, 0.25) is 0 Å². The van der Waals surface area contributed by atoms with Crippen molar-refractivity contribution in [3.63, 3.8) is 0 Å². The van der Waals surface area contributed by atoms with Crippen molar-refractivity contribution in [3.05, 3.63) is 6.92 Å². The van der Waals surface area contributed by atoms with Crippen LogP contribution in [-0.2, 0) is 0 Å². The zero-order chi connectivity index (χ0) is 6.78. The summed E-state index contributed by atoms with van der Waals surface area (Å²) in [4.78, 5) is 0. The number of hydrogen-bond donors (Lipinski definition) is 0. The smallest absolute Gasteiger partial charge is 0.241 e. The molecule has 0 aromatic rings. The maximum Gasteiger partial charge on any atom is 0.278 e. The van der Waals surface area contributed by atoms with Gasteiger partial charge in [-0.3, -0.25) is 0 Å². The van der Waals surface area contributed by atoms with Crippen molar-refractivity contribution >= 4 is 0 Å². The molecule has 0 aliphatic carbocycles. The molecule has 0 aromatic heterocycles. The molecule has 0 aromatic carbocycles. The summed E-state index contributed by atoms with van der Waals surface area (Å²) in [5, 5.41) is 0. The van der Waals surface area contributed by atoms with Crippen LogP contribution in [0.3, 0.4) is 0 Å². The molecule has 0 saturated heterocycles. The Morgan fingerprint density at radius 3 is 2.00 bits per heavy atom. The zero-order valence-electron chi connectivity index (χ0n) is 4.63. The highest BCUT2D eigenvalue weighted by Crippen LogP contribution is 2.21. The molecule has 0 aliphatic heterocycles. The summed E-state index contributed by atoms with van der Waals surface area (Å²) in [7, 11) is 0. The van der Waals surface area contributed by atoms with Crippen molar-refractivity contribution in [2.75, 3.05) is 0 Å². The van der Waals surface area contributed by atoms with E-state index in [0.717, 1.165) is 0 Å². The van der Waals surface area contributed by atoms with E-state index in [1.165, 1.54) is 6.92 Å². The van der Waals surface area contributed by atoms with E-state index in [1.807, 2.05) is 0 Å². The first-order chi connectivity index (χ1) is 3.48. The van der Waals surface area contributed by atoms with Crippen molar-refractivity contribution in [3.8, 4) is 0 Å². The molecular weight excluding hydrogens is 117 g/mol. The first kappa shape index (κ1) is 7.79. The van der Waals surface area contributed by atoms with E-state index in [4.69, 9.17) is 0 Å². The summed E-state index contributed by atoms with van der Waals surface area (Å²) in [6, 6.07) is 0. The summed E-state index contributed by atoms with van der Waals surface area (Å²) < 4.78 is 35.1. The van der Waals surface area contributed by atoms with Gasteiger partial charge in [0, 0.05) is 6.92 Å². The Morgan fingerprint density at radius 2 is 2.00 bits per heavy atom. The van der Waals surface area contributed by atoms with E-state index < -0.39 is 12.1 Å². The molecule has 0 N–H and O–H groups in total. The van der Waals surface area contributed by atoms with Gasteiger partial charge in [-0.25, -0.2) is 13.2 Å². The second kappa shape index (κ2) is 2.37. The van der Waals surface area contributed by atoms with Crippen molar-refractivity contribution in [1.82, 2.24) is 0 Å². The Morgan fingerprint density at radius 1 is 1.62 bits per heavy atom. The van der Waals surface area contributed by atoms with Crippen molar-refractivity contribution < 1.29 is 13.2 Å². The van der Waals surface area contributed by atoms with E-state index in [1.54, 1.807) is 0 Å². The third kappa shape index (κ3) is 2.19. The molecule has 8 heavy (non-hydrogen) atoms. The number of alkyl halides is 3. The third-order valence-electron chi connectivity index (χ3n) is 0.817. The van der Waals surface area contributed by atoms with Gasteiger partial charge in [-0.15, -0.1) is 0 Å². The summed E-state index contributed by atoms with van der Waals surface area (Å²) in [6.07, 6.45) is -2.28. The lowest BCUT2D eigenvalue weighted by Gasteiger charge is -2.12. The molecule has 0 bridgehead atoms. The Balaban J connectivity index is 3.62. The van der Waals surface area contributed by atoms with Gasteiger partial charge in [0.05, 0.1) is 0 Å². The molecule has 0 rings (SSSR count). The van der Waals surface area contributed by atoms with Gasteiger partial charge in [0.1, 0.15) is 0 Å². The Kier molecular flexibility index (Phi) is 2.31. The van der Waals surface area contributed by atoms with Crippen molar-refractivity contribution in [2.24, 2.45) is 0 Å². The first-order valence-corrected chi connectivity index (χ1v) is 2.35. The van der Waals surface area contributed by atoms with Crippen LogP contribution < -0.4 is 0 Å². The topological polar surface area (TPSA) is 0 Å². The van der Waals surface area contributed by atoms with Gasteiger partial charge in [0.25, 0.3) is 5.92 Å². The molecule has 1 unspecified atom stereocenters. The summed E-state index contributed by atoms with van der Waals surface area (Å²) in [5.41, 5.74) is 0. The van der Waals surface area contributed by atoms with E-state index in [-0.39, 0.29) is 6.42 Å². The van der Waals surface area contributed by atoms with Gasteiger partial charge in [-0.05, 0) is 6.42 Å². The highest BCUT2D eigenvalue weighted by molar-refractivity contribution is 4.77. The minimum atomic E-state index is -3.41. The van der Waals surface area contributed by atoms with Gasteiger partial charge >= 0.3 is 0 Å². The Hall–Kier alpha value is -0.210. The second-order valence-corrected chi connectivity index (χ2v) is 1.64. The fraction of sp³-hybridized carbons (Fsp3) is 0.800. The standard InChI is InChI=1S/C5H8F3/c1-3-4(6)5(2,7)8/h4H,2-3H2,1H3. The number of halogens is 3. The molecule has 1 atom stereocenters. The molecule has 0 fully saturated rings. The van der Waals surface area contributed by atoms with Crippen LogP contribution in [0.1, 0.15) is 13.3 Å². The molecule has 0 saturated carbocycles. The molecule has 3 heteroatoms. The van der Waals surface area contributed by atoms with Gasteiger partial charge < -0.3 is 0 Å². The van der Waals surface area contributed by atoms with Crippen LogP contribution in [0.4, 0.5) is 13.2 Å². The highest BCUT2D eigenvalue weighted by Gasteiger charge is 2.32. The predicted molar refractivity (Wildman–Crippen MR) is 25.5 cm³/mol. The predicted octanol–water partition coefficient (Wildman–Crippen LogP) is 2.20. The molecule has 1 radical (unpaired) electrons. The van der Waals surface area contributed by atoms with Crippen molar-refractivity contribution in [1.29, 1.82) is 0 Å². The molecule has 49 valence electrons. The zero-order valence-corrected chi connectivity index (χ0v) is 4.63. The minimum Gasteiger partial charge on any atom is -0.241 e. The van der Waals surface area contributed by atoms with Gasteiger partial charge in [-0.2, -0.15) is 0 Å². The maximum atomic E-state index is 11.8. The lowest BCUT2D eigenvalue weighted by Crippen LogP contribution is -2.25. The lowest BCUT2D eigenvalue weighted by atomic mass is 10.2. The summed E-state index contributed by atoms with van der Waals surface area (Å²) in [5.74, 6) is -3.41. The second-order valence-electron chi connectivity index (χ2n) is 1.64. The van der Waals surface area contributed by atoms with Crippen LogP contribution in [0.25, 0.3) is 0 Å². The van der Waals surface area contributed by atoms with Gasteiger partial charge in [-0.1, -0.05) is 6.92 Å². The summed E-state index contributed by atoms with van der Waals surface area (Å²) in [6.45, 7) is 3.68. The maximum absolute atomic E-state index is 11.8. The Bertz CT molecular complexity index is 64.6. The first-order valence-electron chi connectivity index (χ1n) is 2.35. The van der Waals surface area contributed by atoms with E-state index in [2.05, 4.69) is 6.92 Å². The van der Waals surface area contributed by atoms with Crippen LogP contribution in [0.2, 0.25) is 0 Å². The average Bonchev–Trinajstić information content (AvgIpc) is 1.62. The summed E-state index contributed by atoms with van der Waals surface area (Å²) >= 11 is 0. The SMILES string of the molecule is [CH2]C(F)(F)C(F)CC. The quantitative estimate of drug-likeness (QED) is 0.530. The lowest BCUT2D eigenvalue weighted by molar-refractivity contribution is -0.0313. The number of rotatable bonds is 2. The van der Waals surface area contributed by atoms with Crippen LogP contribution in [-0.4, -0.2) is 12.1 Å². The third-order valence-corrected chi connectivity index (χ3v) is 0.817. The largest absolute Gasteiger partial charge is 0.278 e. The molecule has 0 nitrogen and oxygen atoms in total. The number of hydrogen-bond acceptors (Lipinski definition) is 0. The Labute approximate surface area is 46.7 Å². The van der Waals surface area contributed by atoms with Gasteiger partial charge in [0.15, 0.2) is 6.17 Å². The average molecular weight is 125 g/mol. The normalized spacial score (nSPS) is 16.1. The van der Waals surface area contributed by atoms with E-state index >= 15 is 0 Å². The van der Waals surface area contributed by atoms with E-state index in [9.17, 15) is 13.2 Å². The minimum absolute atomic E-state index is 0.184. The van der Waals surface area contributed by atoms with Crippen LogP contribution in [0.5, 0.6) is 0 Å². The monoisotopic (exact) mass is 125 g/mol. The van der Waals surface area contributed by atoms with Crippen LogP contribution in [0.15, 0.2) is 0 Å². The molecule has 0 spiro atoms. The fourth-order valence-electron chi connectivity index (χ4n) is 0.299. The van der Waals surface area contributed by atoms with Crippen LogP contribution >= 0.6 is 0 Å². The van der Waals surface area contributed by atoms with Crippen molar-refractivity contribution in [2.45, 2.75) is 25.4 Å². The molecule has 0 aliphatic rings. The molecule has 0 amide bonds. The molecule has 0 heterocycles.